The molecule has 5 nitrogen and oxygen atoms in total. The standard InChI is InChI=1S/C9H14N2O3/c1-3-4-11-7(5-8(12)13)6-10(2)9(11)14/h3,7H,1,4-6H2,2H3,(H,12,13). The Balaban J connectivity index is 2.69. The van der Waals surface area contributed by atoms with E-state index in [9.17, 15) is 9.59 Å². The third-order valence-corrected chi connectivity index (χ3v) is 2.23. The zero-order valence-electron chi connectivity index (χ0n) is 8.14. The molecule has 1 saturated heterocycles. The molecule has 0 aromatic rings. The van der Waals surface area contributed by atoms with E-state index < -0.39 is 5.97 Å². The Morgan fingerprint density at radius 1 is 1.79 bits per heavy atom. The van der Waals surface area contributed by atoms with E-state index in [-0.39, 0.29) is 18.5 Å². The quantitative estimate of drug-likeness (QED) is 0.664. The number of carbonyl (C=O) groups excluding carboxylic acids is 1. The van der Waals surface area contributed by atoms with Gasteiger partial charge in [0.1, 0.15) is 0 Å². The summed E-state index contributed by atoms with van der Waals surface area (Å²) in [4.78, 5) is 25.1. The normalized spacial score (nSPS) is 21.5. The first-order valence-corrected chi connectivity index (χ1v) is 4.40. The van der Waals surface area contributed by atoms with Crippen molar-refractivity contribution < 1.29 is 14.7 Å². The van der Waals surface area contributed by atoms with E-state index in [4.69, 9.17) is 5.11 Å². The molecule has 0 aromatic carbocycles. The summed E-state index contributed by atoms with van der Waals surface area (Å²) >= 11 is 0. The van der Waals surface area contributed by atoms with E-state index in [1.165, 1.54) is 9.80 Å². The third-order valence-electron chi connectivity index (χ3n) is 2.23. The smallest absolute Gasteiger partial charge is 0.320 e. The maximum Gasteiger partial charge on any atom is 0.320 e. The molecule has 0 spiro atoms. The van der Waals surface area contributed by atoms with Gasteiger partial charge in [-0.3, -0.25) is 4.79 Å². The van der Waals surface area contributed by atoms with Crippen molar-refractivity contribution >= 4 is 12.0 Å². The summed E-state index contributed by atoms with van der Waals surface area (Å²) in [5, 5.41) is 8.65. The molecule has 1 unspecified atom stereocenters. The molecule has 1 atom stereocenters. The van der Waals surface area contributed by atoms with Crippen LogP contribution in [-0.2, 0) is 4.79 Å². The van der Waals surface area contributed by atoms with Gasteiger partial charge < -0.3 is 14.9 Å². The third kappa shape index (κ3) is 2.04. The number of amides is 2. The minimum Gasteiger partial charge on any atom is -0.481 e. The molecule has 0 bridgehead atoms. The Hall–Kier alpha value is -1.52. The van der Waals surface area contributed by atoms with E-state index in [0.717, 1.165) is 0 Å². The zero-order chi connectivity index (χ0) is 10.7. The number of urea groups is 1. The van der Waals surface area contributed by atoms with E-state index in [0.29, 0.717) is 13.1 Å². The largest absolute Gasteiger partial charge is 0.481 e. The van der Waals surface area contributed by atoms with Gasteiger partial charge in [-0.15, -0.1) is 6.58 Å². The van der Waals surface area contributed by atoms with Crippen molar-refractivity contribution in [3.05, 3.63) is 12.7 Å². The van der Waals surface area contributed by atoms with E-state index in [2.05, 4.69) is 6.58 Å². The SMILES string of the molecule is C=CCN1C(=O)N(C)CC1CC(=O)O. The number of hydrogen-bond donors (Lipinski definition) is 1. The Bertz CT molecular complexity index is 265. The highest BCUT2D eigenvalue weighted by molar-refractivity contribution is 5.78. The van der Waals surface area contributed by atoms with Gasteiger partial charge in [0.05, 0.1) is 12.5 Å². The minimum absolute atomic E-state index is 0.0100. The van der Waals surface area contributed by atoms with Crippen LogP contribution in [0.1, 0.15) is 6.42 Å². The van der Waals surface area contributed by atoms with Crippen molar-refractivity contribution in [2.45, 2.75) is 12.5 Å². The lowest BCUT2D eigenvalue weighted by Gasteiger charge is -2.19. The van der Waals surface area contributed by atoms with Crippen LogP contribution in [-0.4, -0.2) is 53.1 Å². The Morgan fingerprint density at radius 3 is 2.93 bits per heavy atom. The lowest BCUT2D eigenvalue weighted by Crippen LogP contribution is -2.35. The van der Waals surface area contributed by atoms with Crippen molar-refractivity contribution in [1.29, 1.82) is 0 Å². The molecule has 0 saturated carbocycles. The Labute approximate surface area is 82.6 Å². The zero-order valence-corrected chi connectivity index (χ0v) is 8.14. The fourth-order valence-electron chi connectivity index (χ4n) is 1.61. The van der Waals surface area contributed by atoms with Crippen molar-refractivity contribution in [2.24, 2.45) is 0 Å². The molecule has 78 valence electrons. The first-order chi connectivity index (χ1) is 6.56. The van der Waals surface area contributed by atoms with Gasteiger partial charge in [-0.2, -0.15) is 0 Å². The molecular formula is C9H14N2O3. The second kappa shape index (κ2) is 4.13. The highest BCUT2D eigenvalue weighted by Gasteiger charge is 2.35. The van der Waals surface area contributed by atoms with Crippen LogP contribution in [0, 0.1) is 0 Å². The number of hydrogen-bond acceptors (Lipinski definition) is 2. The number of likely N-dealkylation sites (N-methyl/N-ethyl adjacent to an activating group) is 1. The molecule has 0 aromatic heterocycles. The molecule has 0 radical (unpaired) electrons. The highest BCUT2D eigenvalue weighted by Crippen LogP contribution is 2.16. The van der Waals surface area contributed by atoms with Crippen LogP contribution in [0.25, 0.3) is 0 Å². The fraction of sp³-hybridized carbons (Fsp3) is 0.556. The van der Waals surface area contributed by atoms with Crippen LogP contribution in [0.15, 0.2) is 12.7 Å². The monoisotopic (exact) mass is 198 g/mol. The van der Waals surface area contributed by atoms with Gasteiger partial charge in [-0.25, -0.2) is 4.79 Å². The molecule has 1 aliphatic rings. The predicted octanol–water partition coefficient (Wildman–Crippen LogP) is 0.383. The van der Waals surface area contributed by atoms with Crippen LogP contribution in [0.4, 0.5) is 4.79 Å². The van der Waals surface area contributed by atoms with Crippen molar-refractivity contribution in [3.8, 4) is 0 Å². The highest BCUT2D eigenvalue weighted by atomic mass is 16.4. The average Bonchev–Trinajstić information content (AvgIpc) is 2.32. The van der Waals surface area contributed by atoms with Gasteiger partial charge in [0.2, 0.25) is 0 Å². The van der Waals surface area contributed by atoms with Gasteiger partial charge in [0.15, 0.2) is 0 Å². The van der Waals surface area contributed by atoms with Crippen LogP contribution >= 0.6 is 0 Å². The molecule has 2 amide bonds. The summed E-state index contributed by atoms with van der Waals surface area (Å²) < 4.78 is 0. The van der Waals surface area contributed by atoms with Crippen LogP contribution in [0.5, 0.6) is 0 Å². The molecule has 14 heavy (non-hydrogen) atoms. The first kappa shape index (κ1) is 10.6. The van der Waals surface area contributed by atoms with Gasteiger partial charge >= 0.3 is 12.0 Å². The molecule has 0 aliphatic carbocycles. The summed E-state index contributed by atoms with van der Waals surface area (Å²) in [5.74, 6) is -0.882. The van der Waals surface area contributed by atoms with Crippen LogP contribution < -0.4 is 0 Å². The molecule has 1 rings (SSSR count). The second-order valence-corrected chi connectivity index (χ2v) is 3.36. The van der Waals surface area contributed by atoms with Crippen molar-refractivity contribution in [2.75, 3.05) is 20.1 Å². The Morgan fingerprint density at radius 2 is 2.43 bits per heavy atom. The van der Waals surface area contributed by atoms with Gasteiger partial charge in [0, 0.05) is 20.1 Å². The number of aliphatic carboxylic acids is 1. The second-order valence-electron chi connectivity index (χ2n) is 3.36. The van der Waals surface area contributed by atoms with Gasteiger partial charge in [0.25, 0.3) is 0 Å². The summed E-state index contributed by atoms with van der Waals surface area (Å²) in [5.41, 5.74) is 0. The van der Waals surface area contributed by atoms with Crippen molar-refractivity contribution in [1.82, 2.24) is 9.80 Å². The number of rotatable bonds is 4. The number of carboxylic acid groups (broad SMARTS) is 1. The summed E-state index contributed by atoms with van der Waals surface area (Å²) in [7, 11) is 1.67. The number of carboxylic acids is 1. The van der Waals surface area contributed by atoms with Crippen molar-refractivity contribution in [3.63, 3.8) is 0 Å². The van der Waals surface area contributed by atoms with E-state index in [1.807, 2.05) is 0 Å². The molecule has 1 N–H and O–H groups in total. The van der Waals surface area contributed by atoms with Crippen LogP contribution in [0.2, 0.25) is 0 Å². The number of nitrogens with zero attached hydrogens (tertiary/aromatic N) is 2. The van der Waals surface area contributed by atoms with Gasteiger partial charge in [-0.1, -0.05) is 6.08 Å². The molecular weight excluding hydrogens is 184 g/mol. The fourth-order valence-corrected chi connectivity index (χ4v) is 1.61. The summed E-state index contributed by atoms with van der Waals surface area (Å²) in [6.07, 6.45) is 1.59. The maximum absolute atomic E-state index is 11.5. The predicted molar refractivity (Wildman–Crippen MR) is 51.0 cm³/mol. The van der Waals surface area contributed by atoms with E-state index in [1.54, 1.807) is 13.1 Å². The lowest BCUT2D eigenvalue weighted by molar-refractivity contribution is -0.137. The maximum atomic E-state index is 11.5. The van der Waals surface area contributed by atoms with E-state index >= 15 is 0 Å². The molecule has 5 heteroatoms. The summed E-state index contributed by atoms with van der Waals surface area (Å²) in [6.45, 7) is 4.41. The molecule has 1 heterocycles. The molecule has 1 aliphatic heterocycles. The van der Waals surface area contributed by atoms with Gasteiger partial charge in [-0.05, 0) is 0 Å². The van der Waals surface area contributed by atoms with Crippen LogP contribution in [0.3, 0.4) is 0 Å². The molecule has 1 fully saturated rings. The summed E-state index contributed by atoms with van der Waals surface area (Å²) in [6, 6.07) is -0.362. The Kier molecular flexibility index (Phi) is 3.11. The first-order valence-electron chi connectivity index (χ1n) is 4.40. The topological polar surface area (TPSA) is 60.9 Å². The lowest BCUT2D eigenvalue weighted by atomic mass is 10.2. The number of carbonyl (C=O) groups is 2. The minimum atomic E-state index is -0.882. The average molecular weight is 198 g/mol.